The van der Waals surface area contributed by atoms with Crippen LogP contribution in [-0.2, 0) is 7.05 Å². The van der Waals surface area contributed by atoms with Gasteiger partial charge in [0.2, 0.25) is 0 Å². The number of carbonyl (C=O) groups is 1. The lowest BCUT2D eigenvalue weighted by molar-refractivity contribution is 0.102. The average Bonchev–Trinajstić information content (AvgIpc) is 2.57. The Kier molecular flexibility index (Phi) is 3.25. The topological polar surface area (TPSA) is 67.2 Å². The zero-order valence-corrected chi connectivity index (χ0v) is 10.9. The fraction of sp³-hybridized carbons (Fsp3) is 0.231. The molecule has 0 saturated heterocycles. The van der Waals surface area contributed by atoms with Crippen molar-refractivity contribution < 1.29 is 14.3 Å². The first-order chi connectivity index (χ1) is 8.90. The van der Waals surface area contributed by atoms with Gasteiger partial charge in [0.05, 0.1) is 16.9 Å². The molecule has 0 spiro atoms. The lowest BCUT2D eigenvalue weighted by atomic mass is 10.1. The van der Waals surface area contributed by atoms with Crippen LogP contribution >= 0.6 is 0 Å². The van der Waals surface area contributed by atoms with Gasteiger partial charge in [0.25, 0.3) is 5.91 Å². The van der Waals surface area contributed by atoms with Crippen LogP contribution in [0.25, 0.3) is 0 Å². The van der Waals surface area contributed by atoms with E-state index in [9.17, 15) is 9.18 Å². The van der Waals surface area contributed by atoms with E-state index in [0.29, 0.717) is 17.0 Å². The fourth-order valence-corrected chi connectivity index (χ4v) is 1.89. The Morgan fingerprint density at radius 1 is 1.42 bits per heavy atom. The lowest BCUT2D eigenvalue weighted by Gasteiger charge is -2.07. The molecule has 0 aliphatic rings. The van der Waals surface area contributed by atoms with Gasteiger partial charge in [-0.05, 0) is 26.0 Å². The quantitative estimate of drug-likeness (QED) is 0.816. The molecule has 100 valence electrons. The number of hydrogen-bond donors (Lipinski definition) is 2. The van der Waals surface area contributed by atoms with Gasteiger partial charge in [-0.2, -0.15) is 5.10 Å². The molecule has 6 heteroatoms. The minimum Gasteiger partial charge on any atom is -0.508 e. The number of phenolic OH excluding ortho intramolecular Hbond substituents is 1. The van der Waals surface area contributed by atoms with E-state index in [1.807, 2.05) is 0 Å². The Balaban J connectivity index is 2.31. The fourth-order valence-electron chi connectivity index (χ4n) is 1.89. The number of nitrogens with zero attached hydrogens (tertiary/aromatic N) is 2. The van der Waals surface area contributed by atoms with Crippen molar-refractivity contribution in [1.82, 2.24) is 9.78 Å². The highest BCUT2D eigenvalue weighted by atomic mass is 19.1. The maximum absolute atomic E-state index is 13.5. The Labute approximate surface area is 109 Å². The minimum absolute atomic E-state index is 0.0189. The molecule has 1 heterocycles. The highest BCUT2D eigenvalue weighted by Crippen LogP contribution is 2.21. The van der Waals surface area contributed by atoms with Gasteiger partial charge < -0.3 is 10.4 Å². The van der Waals surface area contributed by atoms with E-state index in [2.05, 4.69) is 10.4 Å². The molecule has 1 amide bonds. The summed E-state index contributed by atoms with van der Waals surface area (Å²) in [5.41, 5.74) is 1.73. The number of benzene rings is 1. The molecule has 0 aliphatic carbocycles. The first kappa shape index (κ1) is 13.1. The molecule has 0 bridgehead atoms. The van der Waals surface area contributed by atoms with Gasteiger partial charge in [0, 0.05) is 18.8 Å². The predicted octanol–water partition coefficient (Wildman–Crippen LogP) is 2.13. The number of anilines is 1. The molecule has 2 N–H and O–H groups in total. The van der Waals surface area contributed by atoms with Crippen LogP contribution in [0.5, 0.6) is 5.75 Å². The Bertz CT molecular complexity index is 650. The number of aromatic hydroxyl groups is 1. The Hall–Kier alpha value is -2.37. The van der Waals surface area contributed by atoms with Crippen molar-refractivity contribution in [3.8, 4) is 5.75 Å². The van der Waals surface area contributed by atoms with Crippen LogP contribution in [0.15, 0.2) is 18.2 Å². The summed E-state index contributed by atoms with van der Waals surface area (Å²) in [6.45, 7) is 3.48. The third-order valence-electron chi connectivity index (χ3n) is 2.94. The summed E-state index contributed by atoms with van der Waals surface area (Å²) in [6, 6.07) is 3.56. The van der Waals surface area contributed by atoms with Crippen molar-refractivity contribution in [2.75, 3.05) is 5.32 Å². The van der Waals surface area contributed by atoms with Crippen LogP contribution in [-0.4, -0.2) is 20.8 Å². The van der Waals surface area contributed by atoms with Gasteiger partial charge in [0.1, 0.15) is 11.6 Å². The number of aromatic nitrogens is 2. The second-order valence-electron chi connectivity index (χ2n) is 4.29. The third kappa shape index (κ3) is 2.42. The van der Waals surface area contributed by atoms with Crippen LogP contribution in [0.1, 0.15) is 21.7 Å². The highest BCUT2D eigenvalue weighted by molar-refractivity contribution is 6.05. The average molecular weight is 263 g/mol. The van der Waals surface area contributed by atoms with E-state index in [-0.39, 0.29) is 11.4 Å². The molecule has 5 nitrogen and oxygen atoms in total. The van der Waals surface area contributed by atoms with Crippen molar-refractivity contribution in [3.05, 3.63) is 41.0 Å². The van der Waals surface area contributed by atoms with Crippen molar-refractivity contribution in [3.63, 3.8) is 0 Å². The van der Waals surface area contributed by atoms with Gasteiger partial charge in [-0.15, -0.1) is 0 Å². The normalized spacial score (nSPS) is 10.5. The van der Waals surface area contributed by atoms with Crippen molar-refractivity contribution in [2.45, 2.75) is 13.8 Å². The zero-order valence-electron chi connectivity index (χ0n) is 10.9. The zero-order chi connectivity index (χ0) is 14.2. The Morgan fingerprint density at radius 3 is 2.63 bits per heavy atom. The van der Waals surface area contributed by atoms with E-state index >= 15 is 0 Å². The number of amides is 1. The number of nitrogens with one attached hydrogen (secondary N) is 1. The lowest BCUT2D eigenvalue weighted by Crippen LogP contribution is -2.15. The van der Waals surface area contributed by atoms with E-state index in [1.165, 1.54) is 12.1 Å². The van der Waals surface area contributed by atoms with Gasteiger partial charge in [-0.25, -0.2) is 4.39 Å². The summed E-state index contributed by atoms with van der Waals surface area (Å²) in [5, 5.41) is 15.7. The maximum atomic E-state index is 13.5. The van der Waals surface area contributed by atoms with E-state index < -0.39 is 11.7 Å². The number of hydrogen-bond acceptors (Lipinski definition) is 3. The van der Waals surface area contributed by atoms with Gasteiger partial charge >= 0.3 is 0 Å². The summed E-state index contributed by atoms with van der Waals surface area (Å²) in [6.07, 6.45) is 0. The summed E-state index contributed by atoms with van der Waals surface area (Å²) < 4.78 is 15.1. The van der Waals surface area contributed by atoms with Crippen LogP contribution < -0.4 is 5.32 Å². The first-order valence-electron chi connectivity index (χ1n) is 5.70. The SMILES string of the molecule is Cc1nn(C)c(C)c1C(=O)Nc1ccc(O)cc1F. The molecule has 1 aromatic heterocycles. The molecule has 0 saturated carbocycles. The highest BCUT2D eigenvalue weighted by Gasteiger charge is 2.18. The van der Waals surface area contributed by atoms with Gasteiger partial charge in [-0.3, -0.25) is 9.48 Å². The Morgan fingerprint density at radius 2 is 2.11 bits per heavy atom. The second-order valence-corrected chi connectivity index (χ2v) is 4.29. The first-order valence-corrected chi connectivity index (χ1v) is 5.70. The molecule has 0 fully saturated rings. The number of phenols is 1. The van der Waals surface area contributed by atoms with Crippen LogP contribution in [0, 0.1) is 19.7 Å². The summed E-state index contributed by atoms with van der Waals surface area (Å²) in [4.78, 5) is 12.1. The molecule has 0 unspecified atom stereocenters. The molecular formula is C13H14FN3O2. The number of rotatable bonds is 2. The van der Waals surface area contributed by atoms with Crippen molar-refractivity contribution >= 4 is 11.6 Å². The van der Waals surface area contributed by atoms with Gasteiger partial charge in [0.15, 0.2) is 0 Å². The van der Waals surface area contributed by atoms with Crippen LogP contribution in [0.2, 0.25) is 0 Å². The standard InChI is InChI=1S/C13H14FN3O2/c1-7-12(8(2)17(3)16-7)13(19)15-11-5-4-9(18)6-10(11)14/h4-6,18H,1-3H3,(H,15,19). The van der Waals surface area contributed by atoms with Crippen molar-refractivity contribution in [2.24, 2.45) is 7.05 Å². The minimum atomic E-state index is -0.687. The number of halogens is 1. The van der Waals surface area contributed by atoms with Crippen LogP contribution in [0.4, 0.5) is 10.1 Å². The molecule has 1 aromatic carbocycles. The van der Waals surface area contributed by atoms with E-state index in [1.54, 1.807) is 25.6 Å². The predicted molar refractivity (Wildman–Crippen MR) is 68.7 cm³/mol. The largest absolute Gasteiger partial charge is 0.508 e. The number of carbonyl (C=O) groups excluding carboxylic acids is 1. The monoisotopic (exact) mass is 263 g/mol. The van der Waals surface area contributed by atoms with E-state index in [4.69, 9.17) is 5.11 Å². The molecule has 2 rings (SSSR count). The van der Waals surface area contributed by atoms with Crippen LogP contribution in [0.3, 0.4) is 0 Å². The summed E-state index contributed by atoms with van der Waals surface area (Å²) in [7, 11) is 1.74. The van der Waals surface area contributed by atoms with Gasteiger partial charge in [-0.1, -0.05) is 0 Å². The third-order valence-corrected chi connectivity index (χ3v) is 2.94. The second kappa shape index (κ2) is 4.72. The number of aryl methyl sites for hydroxylation is 2. The van der Waals surface area contributed by atoms with Crippen molar-refractivity contribution in [1.29, 1.82) is 0 Å². The maximum Gasteiger partial charge on any atom is 0.259 e. The smallest absolute Gasteiger partial charge is 0.259 e. The molecular weight excluding hydrogens is 249 g/mol. The molecule has 19 heavy (non-hydrogen) atoms. The summed E-state index contributed by atoms with van der Waals surface area (Å²) in [5.74, 6) is -1.30. The molecule has 0 atom stereocenters. The van der Waals surface area contributed by atoms with E-state index in [0.717, 1.165) is 6.07 Å². The molecule has 2 aromatic rings. The molecule has 0 aliphatic heterocycles. The molecule has 0 radical (unpaired) electrons. The summed E-state index contributed by atoms with van der Waals surface area (Å²) >= 11 is 0.